The summed E-state index contributed by atoms with van der Waals surface area (Å²) in [4.78, 5) is 14.4. The van der Waals surface area contributed by atoms with Crippen molar-refractivity contribution in [2.24, 2.45) is 0 Å². The van der Waals surface area contributed by atoms with Crippen molar-refractivity contribution in [1.29, 1.82) is 0 Å². The molecule has 0 aliphatic carbocycles. The van der Waals surface area contributed by atoms with Gasteiger partial charge in [-0.2, -0.15) is 0 Å². The molecule has 1 heterocycles. The predicted octanol–water partition coefficient (Wildman–Crippen LogP) is 1.22. The molecule has 1 aromatic rings. The van der Waals surface area contributed by atoms with Crippen LogP contribution in [0.25, 0.3) is 0 Å². The van der Waals surface area contributed by atoms with E-state index in [2.05, 4.69) is 4.98 Å². The second-order valence-corrected chi connectivity index (χ2v) is 2.04. The lowest BCUT2D eigenvalue weighted by Gasteiger charge is -1.92. The molecule has 10 heavy (non-hydrogen) atoms. The Kier molecular flexibility index (Phi) is 2.15. The van der Waals surface area contributed by atoms with E-state index in [4.69, 9.17) is 0 Å². The molecule has 0 aromatic carbocycles. The first-order chi connectivity index (χ1) is 4.79. The van der Waals surface area contributed by atoms with Crippen LogP contribution in [0.1, 0.15) is 12.5 Å². The third kappa shape index (κ3) is 1.97. The lowest BCUT2D eigenvalue weighted by atomic mass is 10.1. The van der Waals surface area contributed by atoms with Gasteiger partial charge < -0.3 is 0 Å². The molecule has 0 atom stereocenters. The van der Waals surface area contributed by atoms with E-state index in [1.807, 2.05) is 0 Å². The number of ketones is 1. The van der Waals surface area contributed by atoms with Crippen molar-refractivity contribution in [2.45, 2.75) is 6.92 Å². The molecule has 0 unspecified atom stereocenters. The van der Waals surface area contributed by atoms with Crippen molar-refractivity contribution in [3.05, 3.63) is 36.5 Å². The summed E-state index contributed by atoms with van der Waals surface area (Å²) < 4.78 is 0. The van der Waals surface area contributed by atoms with Crippen LogP contribution in [0.3, 0.4) is 0 Å². The maximum atomic E-state index is 10.5. The van der Waals surface area contributed by atoms with E-state index in [1.54, 1.807) is 30.9 Å². The summed E-state index contributed by atoms with van der Waals surface area (Å²) in [6.07, 6.45) is 4.89. The van der Waals surface area contributed by atoms with Crippen LogP contribution in [0.2, 0.25) is 0 Å². The number of hydrogen-bond acceptors (Lipinski definition) is 2. The third-order valence-electron chi connectivity index (χ3n) is 1.08. The van der Waals surface area contributed by atoms with Gasteiger partial charge in [-0.1, -0.05) is 0 Å². The Morgan fingerprint density at radius 3 is 2.60 bits per heavy atom. The van der Waals surface area contributed by atoms with E-state index in [0.29, 0.717) is 0 Å². The van der Waals surface area contributed by atoms with Crippen LogP contribution in [0, 0.1) is 6.42 Å². The molecule has 0 bridgehead atoms. The number of rotatable bonds is 2. The van der Waals surface area contributed by atoms with Crippen LogP contribution in [0.15, 0.2) is 24.5 Å². The summed E-state index contributed by atoms with van der Waals surface area (Å²) in [5, 5.41) is 0. The number of Topliss-reactive ketones (excluding diaryl/α,β-unsaturated/α-hetero) is 1. The molecule has 1 rings (SSSR count). The van der Waals surface area contributed by atoms with Gasteiger partial charge in [0.05, 0.1) is 6.42 Å². The molecule has 0 spiro atoms. The van der Waals surface area contributed by atoms with E-state index in [9.17, 15) is 4.79 Å². The van der Waals surface area contributed by atoms with Gasteiger partial charge in [0.15, 0.2) is 0 Å². The molecular weight excluding hydrogens is 126 g/mol. The first kappa shape index (κ1) is 6.93. The fourth-order valence-electron chi connectivity index (χ4n) is 0.694. The molecule has 2 heteroatoms. The van der Waals surface area contributed by atoms with E-state index < -0.39 is 0 Å². The summed E-state index contributed by atoms with van der Waals surface area (Å²) in [7, 11) is 0. The number of nitrogens with zero attached hydrogens (tertiary/aromatic N) is 1. The second kappa shape index (κ2) is 3.11. The maximum Gasteiger partial charge on any atom is 0.138 e. The molecule has 2 nitrogen and oxygen atoms in total. The largest absolute Gasteiger partial charge is 0.299 e. The van der Waals surface area contributed by atoms with Crippen LogP contribution >= 0.6 is 0 Å². The molecular formula is C8H8NO. The highest BCUT2D eigenvalue weighted by atomic mass is 16.1. The van der Waals surface area contributed by atoms with Crippen LogP contribution < -0.4 is 0 Å². The average Bonchev–Trinajstić information content (AvgIpc) is 1.88. The van der Waals surface area contributed by atoms with Crippen LogP contribution in [0.5, 0.6) is 0 Å². The normalized spacial score (nSPS) is 9.30. The minimum atomic E-state index is 0.0613. The Balaban J connectivity index is 2.67. The molecule has 0 fully saturated rings. The van der Waals surface area contributed by atoms with Crippen molar-refractivity contribution in [2.75, 3.05) is 0 Å². The van der Waals surface area contributed by atoms with Crippen molar-refractivity contribution in [1.82, 2.24) is 4.98 Å². The van der Waals surface area contributed by atoms with Gasteiger partial charge in [-0.3, -0.25) is 9.78 Å². The van der Waals surface area contributed by atoms with Crippen molar-refractivity contribution in [3.63, 3.8) is 0 Å². The van der Waals surface area contributed by atoms with Gasteiger partial charge in [0.25, 0.3) is 0 Å². The summed E-state index contributed by atoms with van der Waals surface area (Å²) in [5.74, 6) is 0.0613. The topological polar surface area (TPSA) is 30.0 Å². The highest BCUT2D eigenvalue weighted by Gasteiger charge is 1.94. The molecule has 0 saturated heterocycles. The Hall–Kier alpha value is -1.18. The van der Waals surface area contributed by atoms with Gasteiger partial charge in [0, 0.05) is 12.4 Å². The van der Waals surface area contributed by atoms with E-state index >= 15 is 0 Å². The lowest BCUT2D eigenvalue weighted by molar-refractivity contribution is -0.113. The predicted molar refractivity (Wildman–Crippen MR) is 38.3 cm³/mol. The van der Waals surface area contributed by atoms with E-state index in [1.165, 1.54) is 6.92 Å². The van der Waals surface area contributed by atoms with Gasteiger partial charge in [0.2, 0.25) is 0 Å². The Labute approximate surface area is 59.9 Å². The quantitative estimate of drug-likeness (QED) is 0.608. The van der Waals surface area contributed by atoms with Crippen molar-refractivity contribution in [3.8, 4) is 0 Å². The SMILES string of the molecule is CC(=O)[CH]c1ccncc1. The Morgan fingerprint density at radius 1 is 1.50 bits per heavy atom. The van der Waals surface area contributed by atoms with E-state index in [-0.39, 0.29) is 5.78 Å². The molecule has 1 radical (unpaired) electrons. The zero-order valence-electron chi connectivity index (χ0n) is 5.74. The molecule has 0 N–H and O–H groups in total. The lowest BCUT2D eigenvalue weighted by Crippen LogP contribution is -1.91. The third-order valence-corrected chi connectivity index (χ3v) is 1.08. The Morgan fingerprint density at radius 2 is 2.10 bits per heavy atom. The van der Waals surface area contributed by atoms with Crippen molar-refractivity contribution < 1.29 is 4.79 Å². The Bertz CT molecular complexity index is 218. The molecule has 1 aromatic heterocycles. The fourth-order valence-corrected chi connectivity index (χ4v) is 0.694. The number of aromatic nitrogens is 1. The van der Waals surface area contributed by atoms with Gasteiger partial charge in [-0.25, -0.2) is 0 Å². The second-order valence-electron chi connectivity index (χ2n) is 2.04. The smallest absolute Gasteiger partial charge is 0.138 e. The molecule has 0 aliphatic rings. The molecule has 0 saturated carbocycles. The monoisotopic (exact) mass is 134 g/mol. The first-order valence-corrected chi connectivity index (χ1v) is 3.04. The average molecular weight is 134 g/mol. The minimum absolute atomic E-state index is 0.0613. The highest BCUT2D eigenvalue weighted by Crippen LogP contribution is 1.99. The van der Waals surface area contributed by atoms with Gasteiger partial charge in [0.1, 0.15) is 5.78 Å². The fraction of sp³-hybridized carbons (Fsp3) is 0.125. The van der Waals surface area contributed by atoms with Gasteiger partial charge >= 0.3 is 0 Å². The van der Waals surface area contributed by atoms with Crippen molar-refractivity contribution >= 4 is 5.78 Å². The zero-order chi connectivity index (χ0) is 7.40. The maximum absolute atomic E-state index is 10.5. The zero-order valence-corrected chi connectivity index (χ0v) is 5.74. The standard InChI is InChI=1S/C8H8NO/c1-7(10)6-8-2-4-9-5-3-8/h2-6H,1H3. The van der Waals surface area contributed by atoms with Gasteiger partial charge in [-0.05, 0) is 24.6 Å². The van der Waals surface area contributed by atoms with Crippen LogP contribution in [-0.2, 0) is 4.79 Å². The van der Waals surface area contributed by atoms with Crippen LogP contribution in [0.4, 0.5) is 0 Å². The minimum Gasteiger partial charge on any atom is -0.299 e. The number of carbonyl (C=O) groups is 1. The van der Waals surface area contributed by atoms with Gasteiger partial charge in [-0.15, -0.1) is 0 Å². The molecule has 51 valence electrons. The summed E-state index contributed by atoms with van der Waals surface area (Å²) in [5.41, 5.74) is 0.905. The number of pyridine rings is 1. The summed E-state index contributed by atoms with van der Waals surface area (Å²) >= 11 is 0. The number of hydrogen-bond donors (Lipinski definition) is 0. The molecule has 0 amide bonds. The first-order valence-electron chi connectivity index (χ1n) is 3.04. The van der Waals surface area contributed by atoms with E-state index in [0.717, 1.165) is 5.56 Å². The van der Waals surface area contributed by atoms with Crippen LogP contribution in [-0.4, -0.2) is 10.8 Å². The number of carbonyl (C=O) groups excluding carboxylic acids is 1. The highest BCUT2D eigenvalue weighted by molar-refractivity contribution is 5.88. The summed E-state index contributed by atoms with van der Waals surface area (Å²) in [6.45, 7) is 1.53. The summed E-state index contributed by atoms with van der Waals surface area (Å²) in [6, 6.07) is 3.59. The molecule has 0 aliphatic heterocycles.